The van der Waals surface area contributed by atoms with Crippen LogP contribution in [0.25, 0.3) is 0 Å². The van der Waals surface area contributed by atoms with Gasteiger partial charge in [0.25, 0.3) is 20.2 Å². The molecule has 0 aromatic carbocycles. The Morgan fingerprint density at radius 3 is 1.96 bits per heavy atom. The Morgan fingerprint density at radius 2 is 1.41 bits per heavy atom. The van der Waals surface area contributed by atoms with E-state index in [1.165, 1.54) is 0 Å². The zero-order chi connectivity index (χ0) is 39.2. The third kappa shape index (κ3) is 11.6. The summed E-state index contributed by atoms with van der Waals surface area (Å²) < 4.78 is 71.2. The molecule has 23 heteroatoms. The molecule has 12 unspecified atom stereocenters. The predicted molar refractivity (Wildman–Crippen MR) is 190 cm³/mol. The van der Waals surface area contributed by atoms with Gasteiger partial charge in [0.05, 0.1) is 37.2 Å². The van der Waals surface area contributed by atoms with Gasteiger partial charge in [0.15, 0.2) is 0 Å². The topological polar surface area (TPSA) is 322 Å². The van der Waals surface area contributed by atoms with Crippen LogP contribution in [-0.4, -0.2) is 138 Å². The summed E-state index contributed by atoms with van der Waals surface area (Å²) in [6, 6.07) is -2.69. The van der Waals surface area contributed by atoms with Gasteiger partial charge in [-0.2, -0.15) is 27.1 Å². The molecule has 1 aliphatic heterocycles. The van der Waals surface area contributed by atoms with Crippen LogP contribution >= 0.6 is 0 Å². The number of hydrogen-bond acceptors (Lipinski definition) is 19. The molecule has 4 aliphatic carbocycles. The second kappa shape index (κ2) is 19.4. The number of aliphatic hydroxyl groups excluding tert-OH is 2. The fourth-order valence-electron chi connectivity index (χ4n) is 9.44. The van der Waals surface area contributed by atoms with Crippen LogP contribution in [0, 0.1) is 29.6 Å². The summed E-state index contributed by atoms with van der Waals surface area (Å²) in [5.74, 6) is -1.72. The molecule has 21 nitrogen and oxygen atoms in total. The number of carbonyl (C=O) groups excluding carboxylic acids is 1. The number of ketones is 1. The van der Waals surface area contributed by atoms with Gasteiger partial charge in [-0.25, -0.2) is 9.78 Å². The largest absolute Gasteiger partial charge is 0.395 e. The highest BCUT2D eigenvalue weighted by atomic mass is 32.2. The Morgan fingerprint density at radius 1 is 0.796 bits per heavy atom. The highest BCUT2D eigenvalue weighted by Crippen LogP contribution is 2.45. The molecule has 12 atom stereocenters. The number of fused-ring (bicyclic) bond motifs is 1. The Labute approximate surface area is 315 Å². The first-order valence-electron chi connectivity index (χ1n) is 18.8. The van der Waals surface area contributed by atoms with E-state index in [2.05, 4.69) is 51.9 Å². The van der Waals surface area contributed by atoms with E-state index in [4.69, 9.17) is 10.5 Å². The number of nitrogens with one attached hydrogen (secondary N) is 6. The van der Waals surface area contributed by atoms with Crippen molar-refractivity contribution >= 4 is 26.0 Å². The molecule has 1 saturated heterocycles. The van der Waals surface area contributed by atoms with Crippen molar-refractivity contribution in [3.63, 3.8) is 0 Å². The van der Waals surface area contributed by atoms with Crippen LogP contribution in [0.2, 0.25) is 0 Å². The summed E-state index contributed by atoms with van der Waals surface area (Å²) in [4.78, 5) is 20.6. The molecular weight excluding hydrogens is 757 g/mol. The minimum atomic E-state index is -4.83. The lowest BCUT2D eigenvalue weighted by Crippen LogP contribution is -2.79. The van der Waals surface area contributed by atoms with Gasteiger partial charge in [0, 0.05) is 30.5 Å². The number of aliphatic hydroxyl groups is 2. The van der Waals surface area contributed by atoms with E-state index in [9.17, 15) is 40.9 Å². The highest BCUT2D eigenvalue weighted by molar-refractivity contribution is 7.86. The van der Waals surface area contributed by atoms with Gasteiger partial charge in [0.1, 0.15) is 35.9 Å². The zero-order valence-electron chi connectivity index (χ0n) is 30.3. The van der Waals surface area contributed by atoms with Crippen molar-refractivity contribution < 1.29 is 61.2 Å². The Bertz CT molecular complexity index is 1460. The van der Waals surface area contributed by atoms with Gasteiger partial charge in [-0.1, -0.05) is 0 Å². The SMILES string of the molecule is CC(=O)C1CCC(NC2NC(NCCO)NC(NC3CC(S(=O)(=O)O)CC4CC(S(=O)(=O)O)C(N=NC5CC(COO)CC(COO)C5)C(O)C43)N2)CC1. The second-order valence-corrected chi connectivity index (χ2v) is 19.0. The molecule has 5 rings (SSSR count). The van der Waals surface area contributed by atoms with E-state index in [0.29, 0.717) is 19.3 Å². The third-order valence-electron chi connectivity index (χ3n) is 12.0. The summed E-state index contributed by atoms with van der Waals surface area (Å²) in [7, 11) is -9.44. The molecular formula is C31H58N8O13S2. The van der Waals surface area contributed by atoms with Crippen molar-refractivity contribution in [1.82, 2.24) is 31.9 Å². The molecule has 312 valence electrons. The summed E-state index contributed by atoms with van der Waals surface area (Å²) >= 11 is 0. The maximum atomic E-state index is 12.8. The Balaban J connectivity index is 1.38. The summed E-state index contributed by atoms with van der Waals surface area (Å²) in [6.07, 6.45) is 0.536. The fourth-order valence-corrected chi connectivity index (χ4v) is 11.4. The maximum Gasteiger partial charge on any atom is 0.270 e. The third-order valence-corrected chi connectivity index (χ3v) is 14.4. The van der Waals surface area contributed by atoms with Crippen LogP contribution in [0.5, 0.6) is 0 Å². The molecule has 54 heavy (non-hydrogen) atoms. The number of hydrogen-bond donors (Lipinski definition) is 12. The van der Waals surface area contributed by atoms with E-state index < -0.39 is 85.7 Å². The number of nitrogens with zero attached hydrogens (tertiary/aromatic N) is 2. The Hall–Kier alpha value is -1.39. The molecule has 0 amide bonds. The average molecular weight is 815 g/mol. The normalized spacial score (nSPS) is 41.1. The molecule has 5 fully saturated rings. The number of carbonyl (C=O) groups is 1. The van der Waals surface area contributed by atoms with E-state index >= 15 is 0 Å². The monoisotopic (exact) mass is 814 g/mol. The van der Waals surface area contributed by atoms with Crippen LogP contribution < -0.4 is 31.9 Å². The van der Waals surface area contributed by atoms with E-state index in [1.54, 1.807) is 6.92 Å². The van der Waals surface area contributed by atoms with Gasteiger partial charge < -0.3 is 10.2 Å². The highest BCUT2D eigenvalue weighted by Gasteiger charge is 2.55. The smallest absolute Gasteiger partial charge is 0.270 e. The first kappa shape index (κ1) is 43.7. The molecule has 0 aromatic rings. The maximum absolute atomic E-state index is 12.8. The minimum absolute atomic E-state index is 0.00776. The second-order valence-electron chi connectivity index (χ2n) is 15.7. The summed E-state index contributed by atoms with van der Waals surface area (Å²) in [5.41, 5.74) is 0. The van der Waals surface area contributed by atoms with Crippen molar-refractivity contribution in [3.8, 4) is 0 Å². The van der Waals surface area contributed by atoms with Gasteiger partial charge >= 0.3 is 0 Å². The van der Waals surface area contributed by atoms with Crippen molar-refractivity contribution in [3.05, 3.63) is 0 Å². The first-order chi connectivity index (χ1) is 25.6. The standard InChI is InChI=1S/C31H58N8O13S2/c1-16(41)19-2-4-21(5-3-19)33-30-35-29(32-6-7-40)36-31(37-30)34-24-13-23(53(45,46)47)11-20-12-25(54(48,49)50)27(28(42)26(20)24)39-38-22-9-17(14-51-43)8-18(10-22)15-52-44/h17-37,40,42-44H,2-15H2,1H3,(H,45,46,47)(H,48,49,50). The number of rotatable bonds is 16. The predicted octanol–water partition coefficient (Wildman–Crippen LogP) is -1.21. The minimum Gasteiger partial charge on any atom is -0.395 e. The molecule has 5 aliphatic rings. The molecule has 1 heterocycles. The van der Waals surface area contributed by atoms with Crippen LogP contribution in [0.3, 0.4) is 0 Å². The zero-order valence-corrected chi connectivity index (χ0v) is 31.9. The van der Waals surface area contributed by atoms with Crippen molar-refractivity contribution in [1.29, 1.82) is 0 Å². The van der Waals surface area contributed by atoms with E-state index in [-0.39, 0.29) is 75.2 Å². The number of Topliss-reactive ketones (excluding diaryl/α,β-unsaturated/α-hetero) is 1. The van der Waals surface area contributed by atoms with E-state index in [1.807, 2.05) is 0 Å². The van der Waals surface area contributed by atoms with Crippen molar-refractivity contribution in [2.75, 3.05) is 26.4 Å². The number of azo groups is 1. The van der Waals surface area contributed by atoms with Crippen LogP contribution in [0.15, 0.2) is 10.2 Å². The van der Waals surface area contributed by atoms with Crippen LogP contribution in [-0.2, 0) is 34.8 Å². The van der Waals surface area contributed by atoms with Gasteiger partial charge in [-0.3, -0.25) is 56.3 Å². The van der Waals surface area contributed by atoms with Crippen LogP contribution in [0.1, 0.15) is 71.1 Å². The molecule has 12 N–H and O–H groups in total. The average Bonchev–Trinajstić information content (AvgIpc) is 3.09. The van der Waals surface area contributed by atoms with Crippen molar-refractivity contribution in [2.45, 2.75) is 131 Å². The molecule has 0 bridgehead atoms. The lowest BCUT2D eigenvalue weighted by atomic mass is 9.65. The van der Waals surface area contributed by atoms with Crippen molar-refractivity contribution in [2.24, 2.45) is 39.8 Å². The lowest BCUT2D eigenvalue weighted by molar-refractivity contribution is -0.263. The van der Waals surface area contributed by atoms with Gasteiger partial charge in [-0.05, 0) is 88.9 Å². The quantitative estimate of drug-likeness (QED) is 0.0376. The fraction of sp³-hybridized carbons (Fsp3) is 0.968. The van der Waals surface area contributed by atoms with Gasteiger partial charge in [-0.15, -0.1) is 0 Å². The molecule has 4 saturated carbocycles. The molecule has 0 aromatic heterocycles. The van der Waals surface area contributed by atoms with Crippen LogP contribution in [0.4, 0.5) is 0 Å². The summed E-state index contributed by atoms with van der Waals surface area (Å²) in [6.45, 7) is 1.68. The van der Waals surface area contributed by atoms with Gasteiger partial charge in [0.2, 0.25) is 0 Å². The van der Waals surface area contributed by atoms with E-state index in [0.717, 1.165) is 25.7 Å². The summed E-state index contributed by atoms with van der Waals surface area (Å²) in [5, 5.41) is 65.3. The molecule has 0 radical (unpaired) electrons. The molecule has 0 spiro atoms. The first-order valence-corrected chi connectivity index (χ1v) is 21.8. The Kier molecular flexibility index (Phi) is 15.7. The lowest BCUT2D eigenvalue weighted by Gasteiger charge is -2.51.